The molecule has 7 nitrogen and oxygen atoms in total. The molecule has 1 aromatic carbocycles. The van der Waals surface area contributed by atoms with Gasteiger partial charge in [0.25, 0.3) is 0 Å². The third kappa shape index (κ3) is 4.48. The van der Waals surface area contributed by atoms with Gasteiger partial charge in [-0.25, -0.2) is 13.1 Å². The van der Waals surface area contributed by atoms with Gasteiger partial charge >= 0.3 is 0 Å². The second-order valence-corrected chi connectivity index (χ2v) is 6.10. The molecule has 0 amide bonds. The van der Waals surface area contributed by atoms with E-state index in [1.165, 1.54) is 26.4 Å². The van der Waals surface area contributed by atoms with Gasteiger partial charge in [0.2, 0.25) is 10.0 Å². The first-order valence-corrected chi connectivity index (χ1v) is 7.96. The van der Waals surface area contributed by atoms with Crippen LogP contribution in [0, 0.1) is 0 Å². The molecule has 0 saturated carbocycles. The van der Waals surface area contributed by atoms with Crippen LogP contribution in [0.4, 0.5) is 5.69 Å². The maximum Gasteiger partial charge on any atom is 0.244 e. The van der Waals surface area contributed by atoms with Gasteiger partial charge in [0.15, 0.2) is 0 Å². The Morgan fingerprint density at radius 3 is 2.38 bits per heavy atom. The van der Waals surface area contributed by atoms with Gasteiger partial charge in [-0.3, -0.25) is 0 Å². The number of nitrogens with one attached hydrogen (secondary N) is 1. The van der Waals surface area contributed by atoms with E-state index < -0.39 is 10.0 Å². The second-order valence-electron chi connectivity index (χ2n) is 4.36. The lowest BCUT2D eigenvalue weighted by molar-refractivity contribution is 0.0799. The van der Waals surface area contributed by atoms with Crippen molar-refractivity contribution < 1.29 is 22.6 Å². The fourth-order valence-corrected chi connectivity index (χ4v) is 3.05. The molecule has 1 atom stereocenters. The number of nitrogens with two attached hydrogens (primary N) is 1. The van der Waals surface area contributed by atoms with Gasteiger partial charge in [0.05, 0.1) is 26.0 Å². The summed E-state index contributed by atoms with van der Waals surface area (Å²) in [6.07, 6.45) is -0.230. The second kappa shape index (κ2) is 7.48. The minimum absolute atomic E-state index is 0.0352. The smallest absolute Gasteiger partial charge is 0.244 e. The number of anilines is 1. The zero-order valence-corrected chi connectivity index (χ0v) is 13.5. The Hall–Kier alpha value is -1.51. The topological polar surface area (TPSA) is 99.9 Å². The highest BCUT2D eigenvalue weighted by Gasteiger charge is 2.22. The summed E-state index contributed by atoms with van der Waals surface area (Å²) in [6, 6.07) is 2.75. The molecule has 0 heterocycles. The van der Waals surface area contributed by atoms with E-state index in [-0.39, 0.29) is 29.0 Å². The van der Waals surface area contributed by atoms with Gasteiger partial charge in [0.1, 0.15) is 16.4 Å². The van der Waals surface area contributed by atoms with Crippen molar-refractivity contribution in [3.63, 3.8) is 0 Å². The number of hydrogen-bond donors (Lipinski definition) is 2. The van der Waals surface area contributed by atoms with E-state index in [4.69, 9.17) is 19.9 Å². The van der Waals surface area contributed by atoms with E-state index in [1.54, 1.807) is 6.92 Å². The van der Waals surface area contributed by atoms with Crippen molar-refractivity contribution in [2.45, 2.75) is 24.8 Å². The quantitative estimate of drug-likeness (QED) is 0.693. The zero-order valence-electron chi connectivity index (χ0n) is 12.7. The molecule has 3 N–H and O–H groups in total. The van der Waals surface area contributed by atoms with Gasteiger partial charge in [-0.1, -0.05) is 0 Å². The Labute approximate surface area is 125 Å². The van der Waals surface area contributed by atoms with Gasteiger partial charge in [-0.05, 0) is 19.9 Å². The third-order valence-electron chi connectivity index (χ3n) is 2.82. The molecular formula is C13H22N2O5S. The number of nitrogen functional groups attached to an aromatic ring is 1. The standard InChI is InChI=1S/C13H22N2O5S/c1-5-20-9(2)8-15-21(16,17)13-6-10(14)11(18-3)7-12(13)19-4/h6-7,9,15H,5,8,14H2,1-4H3. The van der Waals surface area contributed by atoms with Crippen LogP contribution in [-0.2, 0) is 14.8 Å². The van der Waals surface area contributed by atoms with Crippen LogP contribution in [0.1, 0.15) is 13.8 Å². The molecule has 1 rings (SSSR count). The van der Waals surface area contributed by atoms with Crippen molar-refractivity contribution in [3.8, 4) is 11.5 Å². The van der Waals surface area contributed by atoms with E-state index in [9.17, 15) is 8.42 Å². The summed E-state index contributed by atoms with van der Waals surface area (Å²) in [5.41, 5.74) is 5.98. The van der Waals surface area contributed by atoms with E-state index in [1.807, 2.05) is 6.92 Å². The highest BCUT2D eigenvalue weighted by atomic mass is 32.2. The average molecular weight is 318 g/mol. The van der Waals surface area contributed by atoms with Crippen molar-refractivity contribution in [2.75, 3.05) is 33.1 Å². The normalized spacial score (nSPS) is 13.0. The Morgan fingerprint density at radius 2 is 1.86 bits per heavy atom. The molecule has 1 unspecified atom stereocenters. The van der Waals surface area contributed by atoms with E-state index >= 15 is 0 Å². The Morgan fingerprint density at radius 1 is 1.24 bits per heavy atom. The third-order valence-corrected chi connectivity index (χ3v) is 4.26. The van der Waals surface area contributed by atoms with Crippen molar-refractivity contribution in [1.29, 1.82) is 0 Å². The molecule has 0 aliphatic carbocycles. The predicted molar refractivity (Wildman–Crippen MR) is 80.2 cm³/mol. The number of methoxy groups -OCH3 is 2. The van der Waals surface area contributed by atoms with Gasteiger partial charge < -0.3 is 19.9 Å². The Bertz CT molecular complexity index is 574. The van der Waals surface area contributed by atoms with Crippen LogP contribution in [0.3, 0.4) is 0 Å². The van der Waals surface area contributed by atoms with Gasteiger partial charge in [-0.15, -0.1) is 0 Å². The lowest BCUT2D eigenvalue weighted by Crippen LogP contribution is -2.32. The van der Waals surface area contributed by atoms with Gasteiger partial charge in [-0.2, -0.15) is 0 Å². The van der Waals surface area contributed by atoms with E-state index in [0.29, 0.717) is 12.4 Å². The molecule has 0 bridgehead atoms. The van der Waals surface area contributed by atoms with Crippen LogP contribution >= 0.6 is 0 Å². The summed E-state index contributed by atoms with van der Waals surface area (Å²) in [4.78, 5) is -0.0352. The highest BCUT2D eigenvalue weighted by molar-refractivity contribution is 7.89. The Kier molecular flexibility index (Phi) is 6.25. The Balaban J connectivity index is 3.05. The van der Waals surface area contributed by atoms with Crippen LogP contribution in [0.5, 0.6) is 11.5 Å². The van der Waals surface area contributed by atoms with Crippen molar-refractivity contribution in [1.82, 2.24) is 4.72 Å². The summed E-state index contributed by atoms with van der Waals surface area (Å²) < 4.78 is 42.6. The number of ether oxygens (including phenoxy) is 3. The highest BCUT2D eigenvalue weighted by Crippen LogP contribution is 2.33. The number of benzene rings is 1. The SMILES string of the molecule is CCOC(C)CNS(=O)(=O)c1cc(N)c(OC)cc1OC. The first kappa shape index (κ1) is 17.5. The van der Waals surface area contributed by atoms with Crippen LogP contribution < -0.4 is 19.9 Å². The molecule has 0 fully saturated rings. The molecule has 0 aromatic heterocycles. The van der Waals surface area contributed by atoms with E-state index in [0.717, 1.165) is 0 Å². The molecule has 0 aliphatic rings. The van der Waals surface area contributed by atoms with Crippen molar-refractivity contribution in [2.24, 2.45) is 0 Å². The first-order valence-electron chi connectivity index (χ1n) is 6.48. The molecule has 0 aliphatic heterocycles. The van der Waals surface area contributed by atoms with Crippen molar-refractivity contribution in [3.05, 3.63) is 12.1 Å². The van der Waals surface area contributed by atoms with Crippen LogP contribution in [0.25, 0.3) is 0 Å². The monoisotopic (exact) mass is 318 g/mol. The van der Waals surface area contributed by atoms with Crippen LogP contribution in [0.15, 0.2) is 17.0 Å². The molecule has 8 heteroatoms. The molecule has 0 radical (unpaired) electrons. The fraction of sp³-hybridized carbons (Fsp3) is 0.538. The number of sulfonamides is 1. The summed E-state index contributed by atoms with van der Waals surface area (Å²) >= 11 is 0. The van der Waals surface area contributed by atoms with Crippen LogP contribution in [-0.4, -0.2) is 41.9 Å². The summed E-state index contributed by atoms with van der Waals surface area (Å²) in [6.45, 7) is 4.30. The number of hydrogen-bond acceptors (Lipinski definition) is 6. The number of rotatable bonds is 8. The molecular weight excluding hydrogens is 296 g/mol. The molecule has 120 valence electrons. The predicted octanol–water partition coefficient (Wildman–Crippen LogP) is 0.989. The lowest BCUT2D eigenvalue weighted by atomic mass is 10.3. The van der Waals surface area contributed by atoms with Crippen molar-refractivity contribution >= 4 is 15.7 Å². The minimum atomic E-state index is -3.75. The molecule has 21 heavy (non-hydrogen) atoms. The van der Waals surface area contributed by atoms with Gasteiger partial charge in [0, 0.05) is 19.2 Å². The average Bonchev–Trinajstić information content (AvgIpc) is 2.45. The summed E-state index contributed by atoms with van der Waals surface area (Å²) in [7, 11) is -0.927. The van der Waals surface area contributed by atoms with Crippen LogP contribution in [0.2, 0.25) is 0 Å². The maximum absolute atomic E-state index is 12.3. The summed E-state index contributed by atoms with van der Waals surface area (Å²) in [5.74, 6) is 0.520. The summed E-state index contributed by atoms with van der Waals surface area (Å²) in [5, 5.41) is 0. The fourth-order valence-electron chi connectivity index (χ4n) is 1.75. The minimum Gasteiger partial charge on any atom is -0.495 e. The first-order chi connectivity index (χ1) is 9.85. The molecule has 1 aromatic rings. The zero-order chi connectivity index (χ0) is 16.0. The molecule has 0 saturated heterocycles. The lowest BCUT2D eigenvalue weighted by Gasteiger charge is -2.16. The maximum atomic E-state index is 12.3. The van der Waals surface area contributed by atoms with E-state index in [2.05, 4.69) is 4.72 Å². The molecule has 0 spiro atoms. The largest absolute Gasteiger partial charge is 0.495 e.